The molecular weight excluding hydrogens is 350 g/mol. The Morgan fingerprint density at radius 2 is 2.15 bits per heavy atom. The minimum Gasteiger partial charge on any atom is -0.494 e. The van der Waals surface area contributed by atoms with Gasteiger partial charge in [0.25, 0.3) is 5.91 Å². The van der Waals surface area contributed by atoms with Crippen LogP contribution in [0.1, 0.15) is 25.0 Å². The molecule has 2 heterocycles. The summed E-state index contributed by atoms with van der Waals surface area (Å²) >= 11 is 1.40. The molecule has 1 unspecified atom stereocenters. The van der Waals surface area contributed by atoms with Crippen LogP contribution in [0.4, 0.5) is 5.13 Å². The smallest absolute Gasteiger partial charge is 0.275 e. The molecule has 1 aliphatic heterocycles. The number of carbonyl (C=O) groups excluding carboxylic acids is 1. The lowest BCUT2D eigenvalue weighted by Gasteiger charge is -2.07. The third-order valence-electron chi connectivity index (χ3n) is 3.99. The summed E-state index contributed by atoms with van der Waals surface area (Å²) < 4.78 is 6.45. The van der Waals surface area contributed by atoms with Crippen molar-refractivity contribution < 1.29 is 14.4 Å². The second-order valence-corrected chi connectivity index (χ2v) is 6.81. The van der Waals surface area contributed by atoms with Crippen molar-refractivity contribution in [3.05, 3.63) is 54.1 Å². The minimum atomic E-state index is -0.285. The molecule has 0 saturated carbocycles. The van der Waals surface area contributed by atoms with Crippen LogP contribution in [-0.2, 0) is 9.63 Å². The first-order valence-corrected chi connectivity index (χ1v) is 9.17. The molecular formula is C19H17N3O3S. The van der Waals surface area contributed by atoms with Crippen molar-refractivity contribution in [3.63, 3.8) is 0 Å². The number of benzene rings is 2. The predicted octanol–water partition coefficient (Wildman–Crippen LogP) is 4.15. The highest BCUT2D eigenvalue weighted by Gasteiger charge is 2.27. The Balaban J connectivity index is 1.44. The van der Waals surface area contributed by atoms with Gasteiger partial charge in [-0.1, -0.05) is 46.8 Å². The Bertz CT molecular complexity index is 969. The van der Waals surface area contributed by atoms with Crippen molar-refractivity contribution in [1.82, 2.24) is 4.98 Å². The number of ether oxygens (including phenoxy) is 1. The molecule has 132 valence electrons. The number of nitrogens with one attached hydrogen (secondary N) is 1. The summed E-state index contributed by atoms with van der Waals surface area (Å²) in [6, 6.07) is 15.4. The van der Waals surface area contributed by atoms with E-state index in [2.05, 4.69) is 15.5 Å². The van der Waals surface area contributed by atoms with Gasteiger partial charge in [-0.3, -0.25) is 10.1 Å². The van der Waals surface area contributed by atoms with Gasteiger partial charge in [-0.05, 0) is 30.7 Å². The van der Waals surface area contributed by atoms with Crippen LogP contribution in [0, 0.1) is 0 Å². The van der Waals surface area contributed by atoms with Crippen LogP contribution in [0.3, 0.4) is 0 Å². The fourth-order valence-electron chi connectivity index (χ4n) is 2.74. The van der Waals surface area contributed by atoms with E-state index in [1.807, 2.05) is 55.5 Å². The monoisotopic (exact) mass is 367 g/mol. The molecule has 3 aromatic rings. The highest BCUT2D eigenvalue weighted by Crippen LogP contribution is 2.30. The van der Waals surface area contributed by atoms with Crippen LogP contribution in [0.15, 0.2) is 53.7 Å². The molecule has 1 aliphatic rings. The van der Waals surface area contributed by atoms with Crippen LogP contribution in [0.2, 0.25) is 0 Å². The molecule has 6 nitrogen and oxygen atoms in total. The number of aromatic nitrogens is 1. The summed E-state index contributed by atoms with van der Waals surface area (Å²) in [5, 5.41) is 7.29. The SMILES string of the molecule is CCOc1ccc2nc(NC(=O)C3=NOC(c4ccccc4)C3)sc2c1. The standard InChI is InChI=1S/C19H17N3O3S/c1-2-24-13-8-9-14-17(10-13)26-19(20-14)21-18(23)15-11-16(25-22-15)12-6-4-3-5-7-12/h3-10,16H,2,11H2,1H3,(H,20,21,23). The van der Waals surface area contributed by atoms with E-state index in [1.165, 1.54) is 11.3 Å². The molecule has 0 bridgehead atoms. The number of anilines is 1. The van der Waals surface area contributed by atoms with Gasteiger partial charge in [0.2, 0.25) is 0 Å². The van der Waals surface area contributed by atoms with Gasteiger partial charge in [0.1, 0.15) is 11.5 Å². The van der Waals surface area contributed by atoms with Gasteiger partial charge in [0, 0.05) is 6.42 Å². The van der Waals surface area contributed by atoms with E-state index in [0.717, 1.165) is 21.5 Å². The number of rotatable bonds is 5. The zero-order chi connectivity index (χ0) is 17.9. The van der Waals surface area contributed by atoms with Crippen molar-refractivity contribution in [2.75, 3.05) is 11.9 Å². The molecule has 1 aromatic heterocycles. The number of hydrogen-bond acceptors (Lipinski definition) is 6. The van der Waals surface area contributed by atoms with Gasteiger partial charge in [0.15, 0.2) is 11.2 Å². The van der Waals surface area contributed by atoms with Gasteiger partial charge in [-0.2, -0.15) is 0 Å². The first kappa shape index (κ1) is 16.5. The Morgan fingerprint density at radius 1 is 1.31 bits per heavy atom. The Morgan fingerprint density at radius 3 is 2.96 bits per heavy atom. The number of carbonyl (C=O) groups is 1. The van der Waals surface area contributed by atoms with Crippen molar-refractivity contribution in [3.8, 4) is 5.75 Å². The van der Waals surface area contributed by atoms with Crippen molar-refractivity contribution >= 4 is 38.3 Å². The predicted molar refractivity (Wildman–Crippen MR) is 102 cm³/mol. The molecule has 4 rings (SSSR count). The second kappa shape index (κ2) is 7.13. The lowest BCUT2D eigenvalue weighted by molar-refractivity contribution is -0.110. The molecule has 1 atom stereocenters. The van der Waals surface area contributed by atoms with Gasteiger partial charge >= 0.3 is 0 Å². The van der Waals surface area contributed by atoms with Crippen molar-refractivity contribution in [2.24, 2.45) is 5.16 Å². The number of nitrogens with zero attached hydrogens (tertiary/aromatic N) is 2. The van der Waals surface area contributed by atoms with Crippen molar-refractivity contribution in [1.29, 1.82) is 0 Å². The average molecular weight is 367 g/mol. The minimum absolute atomic E-state index is 0.221. The maximum Gasteiger partial charge on any atom is 0.275 e. The zero-order valence-electron chi connectivity index (χ0n) is 14.1. The molecule has 26 heavy (non-hydrogen) atoms. The maximum atomic E-state index is 12.5. The third-order valence-corrected chi connectivity index (χ3v) is 4.93. The quantitative estimate of drug-likeness (QED) is 0.735. The lowest BCUT2D eigenvalue weighted by Crippen LogP contribution is -2.21. The van der Waals surface area contributed by atoms with Crippen LogP contribution in [-0.4, -0.2) is 23.2 Å². The number of amides is 1. The third kappa shape index (κ3) is 3.39. The Labute approximate surface area is 154 Å². The number of fused-ring (bicyclic) bond motifs is 1. The summed E-state index contributed by atoms with van der Waals surface area (Å²) in [5.41, 5.74) is 2.19. The molecule has 0 saturated heterocycles. The molecule has 0 fully saturated rings. The van der Waals surface area contributed by atoms with E-state index in [-0.39, 0.29) is 12.0 Å². The first-order valence-electron chi connectivity index (χ1n) is 8.35. The molecule has 0 aliphatic carbocycles. The number of hydrogen-bond donors (Lipinski definition) is 1. The van der Waals surface area contributed by atoms with Gasteiger partial charge in [-0.25, -0.2) is 4.98 Å². The summed E-state index contributed by atoms with van der Waals surface area (Å²) in [4.78, 5) is 22.3. The number of thiazole rings is 1. The molecule has 1 amide bonds. The zero-order valence-corrected chi connectivity index (χ0v) is 15.0. The van der Waals surface area contributed by atoms with Crippen LogP contribution >= 0.6 is 11.3 Å². The van der Waals surface area contributed by atoms with Crippen LogP contribution in [0.25, 0.3) is 10.2 Å². The summed E-state index contributed by atoms with van der Waals surface area (Å²) in [7, 11) is 0. The van der Waals surface area contributed by atoms with Crippen molar-refractivity contribution in [2.45, 2.75) is 19.4 Å². The second-order valence-electron chi connectivity index (χ2n) is 5.78. The Hall–Kier alpha value is -2.93. The fraction of sp³-hybridized carbons (Fsp3) is 0.211. The van der Waals surface area contributed by atoms with E-state index in [4.69, 9.17) is 9.57 Å². The summed E-state index contributed by atoms with van der Waals surface area (Å²) in [5.74, 6) is 0.508. The number of oxime groups is 1. The summed E-state index contributed by atoms with van der Waals surface area (Å²) in [6.07, 6.45) is 0.218. The molecule has 7 heteroatoms. The average Bonchev–Trinajstić information content (AvgIpc) is 3.29. The van der Waals surface area contributed by atoms with E-state index < -0.39 is 0 Å². The topological polar surface area (TPSA) is 72.8 Å². The Kier molecular flexibility index (Phi) is 4.53. The molecule has 1 N–H and O–H groups in total. The molecule has 2 aromatic carbocycles. The first-order chi connectivity index (χ1) is 12.7. The van der Waals surface area contributed by atoms with E-state index in [1.54, 1.807) is 0 Å². The van der Waals surface area contributed by atoms with E-state index in [9.17, 15) is 4.79 Å². The van der Waals surface area contributed by atoms with E-state index >= 15 is 0 Å². The fourth-order valence-corrected chi connectivity index (χ4v) is 3.63. The van der Waals surface area contributed by atoms with E-state index in [0.29, 0.717) is 23.9 Å². The highest BCUT2D eigenvalue weighted by molar-refractivity contribution is 7.22. The van der Waals surface area contributed by atoms with Crippen LogP contribution < -0.4 is 10.1 Å². The highest BCUT2D eigenvalue weighted by atomic mass is 32.1. The largest absolute Gasteiger partial charge is 0.494 e. The van der Waals surface area contributed by atoms with Gasteiger partial charge in [-0.15, -0.1) is 0 Å². The maximum absolute atomic E-state index is 12.5. The molecule has 0 radical (unpaired) electrons. The normalized spacial score (nSPS) is 16.2. The summed E-state index contributed by atoms with van der Waals surface area (Å²) in [6.45, 7) is 2.55. The lowest BCUT2D eigenvalue weighted by atomic mass is 10.0. The van der Waals surface area contributed by atoms with Crippen LogP contribution in [0.5, 0.6) is 5.75 Å². The molecule has 0 spiro atoms. The van der Waals surface area contributed by atoms with Gasteiger partial charge in [0.05, 0.1) is 16.8 Å². The van der Waals surface area contributed by atoms with Gasteiger partial charge < -0.3 is 9.57 Å².